The molecule has 0 bridgehead atoms. The first-order chi connectivity index (χ1) is 10.1. The number of benzene rings is 1. The lowest BCUT2D eigenvalue weighted by Gasteiger charge is -2.31. The molecule has 7 heteroatoms. The monoisotopic (exact) mass is 332 g/mol. The van der Waals surface area contributed by atoms with Gasteiger partial charge < -0.3 is 14.8 Å². The number of methoxy groups -OCH3 is 1. The van der Waals surface area contributed by atoms with Gasteiger partial charge in [0.15, 0.2) is 6.29 Å². The summed E-state index contributed by atoms with van der Waals surface area (Å²) in [4.78, 5) is 14.1. The van der Waals surface area contributed by atoms with Gasteiger partial charge >= 0.3 is 0 Å². The van der Waals surface area contributed by atoms with Crippen LogP contribution in [0.5, 0.6) is 0 Å². The number of nitrogens with one attached hydrogen (secondary N) is 1. The van der Waals surface area contributed by atoms with E-state index in [1.807, 2.05) is 0 Å². The number of ether oxygens (including phenoxy) is 2. The summed E-state index contributed by atoms with van der Waals surface area (Å²) >= 11 is 11.9. The molecule has 1 aliphatic rings. The van der Waals surface area contributed by atoms with Gasteiger partial charge in [-0.15, -0.1) is 0 Å². The zero-order chi connectivity index (χ0) is 15.2. The van der Waals surface area contributed by atoms with E-state index in [0.29, 0.717) is 41.8 Å². The van der Waals surface area contributed by atoms with Crippen molar-refractivity contribution < 1.29 is 14.3 Å². The molecular weight excluding hydrogens is 315 g/mol. The third-order valence-electron chi connectivity index (χ3n) is 3.24. The van der Waals surface area contributed by atoms with E-state index in [2.05, 4.69) is 10.2 Å². The molecule has 1 aromatic carbocycles. The zero-order valence-corrected chi connectivity index (χ0v) is 13.3. The maximum Gasteiger partial charge on any atom is 0.225 e. The molecule has 1 atom stereocenters. The normalized spacial score (nSPS) is 19.5. The highest BCUT2D eigenvalue weighted by atomic mass is 35.5. The van der Waals surface area contributed by atoms with E-state index in [1.54, 1.807) is 25.3 Å². The molecule has 5 nitrogen and oxygen atoms in total. The Bertz CT molecular complexity index is 499. The van der Waals surface area contributed by atoms with Gasteiger partial charge in [0.2, 0.25) is 5.91 Å². The Hall–Kier alpha value is -0.850. The van der Waals surface area contributed by atoms with Crippen molar-refractivity contribution in [2.75, 3.05) is 38.7 Å². The molecule has 1 amide bonds. The highest BCUT2D eigenvalue weighted by molar-refractivity contribution is 6.35. The highest BCUT2D eigenvalue weighted by Crippen LogP contribution is 2.25. The van der Waals surface area contributed by atoms with Crippen molar-refractivity contribution in [2.24, 2.45) is 0 Å². The third kappa shape index (κ3) is 5.13. The molecule has 1 aliphatic heterocycles. The summed E-state index contributed by atoms with van der Waals surface area (Å²) in [5.41, 5.74) is 0.533. The van der Waals surface area contributed by atoms with Gasteiger partial charge in [-0.25, -0.2) is 0 Å². The molecule has 0 spiro atoms. The summed E-state index contributed by atoms with van der Waals surface area (Å²) in [7, 11) is 1.61. The summed E-state index contributed by atoms with van der Waals surface area (Å²) in [5, 5.41) is 3.78. The molecule has 21 heavy (non-hydrogen) atoms. The summed E-state index contributed by atoms with van der Waals surface area (Å²) in [5.74, 6) is -0.0976. The lowest BCUT2D eigenvalue weighted by molar-refractivity contribution is -0.164. The summed E-state index contributed by atoms with van der Waals surface area (Å²) in [6.07, 6.45) is 0.156. The van der Waals surface area contributed by atoms with Crippen LogP contribution in [0.2, 0.25) is 10.0 Å². The van der Waals surface area contributed by atoms with Gasteiger partial charge in [0.05, 0.1) is 17.3 Å². The highest BCUT2D eigenvalue weighted by Gasteiger charge is 2.20. The Kier molecular flexibility index (Phi) is 6.26. The maximum absolute atomic E-state index is 12.0. The quantitative estimate of drug-likeness (QED) is 0.900. The standard InChI is InChI=1S/C14H18Cl2N2O3/c1-20-14-9-18(6-7-21-14)5-4-13(19)17-12-8-10(15)2-3-11(12)16/h2-3,8,14H,4-7,9H2,1H3,(H,17,19). The Balaban J connectivity index is 1.80. The SMILES string of the molecule is COC1CN(CCC(=O)Nc2cc(Cl)ccc2Cl)CCO1. The van der Waals surface area contributed by atoms with E-state index < -0.39 is 0 Å². The van der Waals surface area contributed by atoms with Crippen molar-refractivity contribution in [1.29, 1.82) is 0 Å². The Morgan fingerprint density at radius 1 is 1.52 bits per heavy atom. The van der Waals surface area contributed by atoms with Gasteiger partial charge in [0.25, 0.3) is 0 Å². The van der Waals surface area contributed by atoms with Gasteiger partial charge in [-0.2, -0.15) is 0 Å². The van der Waals surface area contributed by atoms with Gasteiger partial charge in [0.1, 0.15) is 0 Å². The van der Waals surface area contributed by atoms with Crippen molar-refractivity contribution in [3.8, 4) is 0 Å². The average Bonchev–Trinajstić information content (AvgIpc) is 2.49. The predicted octanol–water partition coefficient (Wildman–Crippen LogP) is 2.63. The fourth-order valence-electron chi connectivity index (χ4n) is 2.08. The minimum atomic E-state index is -0.218. The molecule has 0 saturated carbocycles. The molecule has 0 aromatic heterocycles. The van der Waals surface area contributed by atoms with Crippen LogP contribution >= 0.6 is 23.2 Å². The molecular formula is C14H18Cl2N2O3. The van der Waals surface area contributed by atoms with Crippen LogP contribution in [0.1, 0.15) is 6.42 Å². The van der Waals surface area contributed by atoms with Crippen LogP contribution in [0.15, 0.2) is 18.2 Å². The van der Waals surface area contributed by atoms with Crippen molar-refractivity contribution >= 4 is 34.8 Å². The van der Waals surface area contributed by atoms with Crippen LogP contribution in [-0.2, 0) is 14.3 Å². The number of morpholine rings is 1. The maximum atomic E-state index is 12.0. The minimum Gasteiger partial charge on any atom is -0.355 e. The zero-order valence-electron chi connectivity index (χ0n) is 11.8. The first kappa shape index (κ1) is 16.5. The second kappa shape index (κ2) is 7.96. The van der Waals surface area contributed by atoms with E-state index in [9.17, 15) is 4.79 Å². The first-order valence-corrected chi connectivity index (χ1v) is 7.45. The predicted molar refractivity (Wildman–Crippen MR) is 82.9 cm³/mol. The van der Waals surface area contributed by atoms with E-state index >= 15 is 0 Å². The number of hydrogen-bond acceptors (Lipinski definition) is 4. The van der Waals surface area contributed by atoms with Crippen LogP contribution in [0.25, 0.3) is 0 Å². The summed E-state index contributed by atoms with van der Waals surface area (Å²) < 4.78 is 10.5. The second-order valence-corrected chi connectivity index (χ2v) is 5.60. The van der Waals surface area contributed by atoms with Crippen LogP contribution in [-0.4, -0.2) is 50.4 Å². The van der Waals surface area contributed by atoms with E-state index in [-0.39, 0.29) is 12.2 Å². The fourth-order valence-corrected chi connectivity index (χ4v) is 2.42. The second-order valence-electron chi connectivity index (χ2n) is 4.76. The Morgan fingerprint density at radius 2 is 2.33 bits per heavy atom. The van der Waals surface area contributed by atoms with Gasteiger partial charge in [0, 0.05) is 38.2 Å². The van der Waals surface area contributed by atoms with Crippen LogP contribution < -0.4 is 5.32 Å². The molecule has 116 valence electrons. The summed E-state index contributed by atoms with van der Waals surface area (Å²) in [6, 6.07) is 4.97. The largest absolute Gasteiger partial charge is 0.355 e. The number of nitrogens with zero attached hydrogens (tertiary/aromatic N) is 1. The van der Waals surface area contributed by atoms with Crippen LogP contribution in [0.4, 0.5) is 5.69 Å². The van der Waals surface area contributed by atoms with Gasteiger partial charge in [-0.05, 0) is 18.2 Å². The van der Waals surface area contributed by atoms with Gasteiger partial charge in [-0.3, -0.25) is 9.69 Å². The first-order valence-electron chi connectivity index (χ1n) is 6.70. The topological polar surface area (TPSA) is 50.8 Å². The number of halogens is 2. The lowest BCUT2D eigenvalue weighted by Crippen LogP contribution is -2.44. The Labute approximate surface area is 134 Å². The number of hydrogen-bond donors (Lipinski definition) is 1. The van der Waals surface area contributed by atoms with E-state index in [1.165, 1.54) is 0 Å². The number of anilines is 1. The van der Waals surface area contributed by atoms with Crippen molar-refractivity contribution in [1.82, 2.24) is 4.90 Å². The molecule has 1 heterocycles. The number of amides is 1. The smallest absolute Gasteiger partial charge is 0.225 e. The molecule has 0 radical (unpaired) electrons. The number of carbonyl (C=O) groups is 1. The van der Waals surface area contributed by atoms with Crippen LogP contribution in [0, 0.1) is 0 Å². The van der Waals surface area contributed by atoms with Crippen molar-refractivity contribution in [3.05, 3.63) is 28.2 Å². The molecule has 1 N–H and O–H groups in total. The Morgan fingerprint density at radius 3 is 3.10 bits per heavy atom. The van der Waals surface area contributed by atoms with Crippen molar-refractivity contribution in [3.63, 3.8) is 0 Å². The molecule has 1 fully saturated rings. The summed E-state index contributed by atoms with van der Waals surface area (Å²) in [6.45, 7) is 2.72. The third-order valence-corrected chi connectivity index (χ3v) is 3.80. The minimum absolute atomic E-state index is 0.0976. The molecule has 1 aromatic rings. The van der Waals surface area contributed by atoms with E-state index in [0.717, 1.165) is 6.54 Å². The van der Waals surface area contributed by atoms with E-state index in [4.69, 9.17) is 32.7 Å². The van der Waals surface area contributed by atoms with Gasteiger partial charge in [-0.1, -0.05) is 23.2 Å². The lowest BCUT2D eigenvalue weighted by atomic mass is 10.3. The fraction of sp³-hybridized carbons (Fsp3) is 0.500. The molecule has 1 saturated heterocycles. The van der Waals surface area contributed by atoms with Crippen LogP contribution in [0.3, 0.4) is 0 Å². The molecule has 1 unspecified atom stereocenters. The average molecular weight is 333 g/mol. The number of rotatable bonds is 5. The van der Waals surface area contributed by atoms with Crippen molar-refractivity contribution in [2.45, 2.75) is 12.7 Å². The molecule has 2 rings (SSSR count). The molecule has 0 aliphatic carbocycles. The number of carbonyl (C=O) groups excluding carboxylic acids is 1.